The Kier molecular flexibility index (Phi) is 6.27. The van der Waals surface area contributed by atoms with E-state index in [1.165, 1.54) is 0 Å². The van der Waals surface area contributed by atoms with Crippen LogP contribution in [-0.4, -0.2) is 85.1 Å². The number of sulfone groups is 1. The van der Waals surface area contributed by atoms with E-state index in [-0.39, 0.29) is 36.6 Å². The van der Waals surface area contributed by atoms with Gasteiger partial charge in [0.05, 0.1) is 11.0 Å². The van der Waals surface area contributed by atoms with E-state index < -0.39 is 15.1 Å². The minimum absolute atomic E-state index is 0.0602. The van der Waals surface area contributed by atoms with Crippen molar-refractivity contribution >= 4 is 22.2 Å². The highest BCUT2D eigenvalue weighted by molar-refractivity contribution is 7.92. The lowest BCUT2D eigenvalue weighted by Crippen LogP contribution is -2.38. The van der Waals surface area contributed by atoms with E-state index in [2.05, 4.69) is 5.16 Å². The molecule has 4 rings (SSSR count). The number of hydrogen-bond donors (Lipinski definition) is 1. The summed E-state index contributed by atoms with van der Waals surface area (Å²) in [7, 11) is 0.587. The third kappa shape index (κ3) is 3.97. The largest absolute Gasteiger partial charge is 0.483 e. The molecular formula is C20H25N3O6S. The van der Waals surface area contributed by atoms with E-state index in [1.807, 2.05) is 49.3 Å². The number of nitrogens with zero attached hydrogens (tertiary/aromatic N) is 3. The van der Waals surface area contributed by atoms with Crippen LogP contribution >= 0.6 is 0 Å². The maximum atomic E-state index is 13.3. The molecular weight excluding hydrogens is 410 g/mol. The molecule has 1 amide bonds. The highest BCUT2D eigenvalue weighted by atomic mass is 32.2. The summed E-state index contributed by atoms with van der Waals surface area (Å²) in [6.45, 7) is 2.13. The van der Waals surface area contributed by atoms with Crippen molar-refractivity contribution in [2.45, 2.75) is 18.2 Å². The summed E-state index contributed by atoms with van der Waals surface area (Å²) in [6.07, 6.45) is 0. The number of aromatic nitrogens is 1. The zero-order chi connectivity index (χ0) is 22.1. The Balaban J connectivity index is 0.000000806. The van der Waals surface area contributed by atoms with Crippen LogP contribution < -0.4 is 0 Å². The third-order valence-corrected chi connectivity index (χ3v) is 7.97. The molecule has 3 heterocycles. The molecule has 10 heteroatoms. The Bertz CT molecular complexity index is 1020. The molecule has 0 saturated carbocycles. The summed E-state index contributed by atoms with van der Waals surface area (Å²) in [5.41, 5.74) is 1.72. The predicted octanol–water partition coefficient (Wildman–Crippen LogP) is 1.15. The first-order valence-corrected chi connectivity index (χ1v) is 11.2. The summed E-state index contributed by atoms with van der Waals surface area (Å²) in [5, 5.41) is 10.5. The van der Waals surface area contributed by atoms with E-state index in [1.54, 1.807) is 11.8 Å². The second-order valence-corrected chi connectivity index (χ2v) is 9.97. The molecule has 0 unspecified atom stereocenters. The van der Waals surface area contributed by atoms with E-state index >= 15 is 0 Å². The molecule has 162 valence electrons. The minimum atomic E-state index is -3.20. The lowest BCUT2D eigenvalue weighted by molar-refractivity contribution is -0.122. The van der Waals surface area contributed by atoms with Crippen molar-refractivity contribution in [3.8, 4) is 11.3 Å². The molecule has 2 aliphatic rings. The molecule has 1 aromatic heterocycles. The number of fused-ring (bicyclic) bond motifs is 1. The number of carboxylic acid groups (broad SMARTS) is 1. The molecule has 2 saturated heterocycles. The monoisotopic (exact) mass is 435 g/mol. The standard InChI is InChI=1S/C19H23N3O4S.CH2O2/c1-12-17(18(20-26-12)13-7-5-4-6-8-13)19(23)22-9-14-15(21(2)3)11-27(24,25)16(14)10-22;2-1-3/h4-8,14-16H,9-11H2,1-3H3;1H,(H,2,3)/t14-,15+,16-;/m0./s1. The molecule has 2 aromatic rings. The number of carbonyl (C=O) groups is 2. The van der Waals surface area contributed by atoms with Crippen molar-refractivity contribution in [1.29, 1.82) is 0 Å². The second-order valence-electron chi connectivity index (χ2n) is 7.71. The Morgan fingerprint density at radius 1 is 1.27 bits per heavy atom. The average molecular weight is 436 g/mol. The fraction of sp³-hybridized carbons (Fsp3) is 0.450. The van der Waals surface area contributed by atoms with Gasteiger partial charge in [-0.2, -0.15) is 0 Å². The fourth-order valence-electron chi connectivity index (χ4n) is 4.31. The first kappa shape index (κ1) is 22.0. The first-order chi connectivity index (χ1) is 14.2. The summed E-state index contributed by atoms with van der Waals surface area (Å²) in [6, 6.07) is 9.34. The predicted molar refractivity (Wildman–Crippen MR) is 110 cm³/mol. The molecule has 0 spiro atoms. The number of amides is 1. The third-order valence-electron chi connectivity index (χ3n) is 5.74. The van der Waals surface area contributed by atoms with E-state index in [0.717, 1.165) is 5.56 Å². The topological polar surface area (TPSA) is 121 Å². The van der Waals surface area contributed by atoms with Gasteiger partial charge in [0.25, 0.3) is 12.4 Å². The zero-order valence-corrected chi connectivity index (χ0v) is 17.9. The number of carbonyl (C=O) groups excluding carboxylic acids is 1. The maximum Gasteiger partial charge on any atom is 0.290 e. The Morgan fingerprint density at radius 2 is 1.90 bits per heavy atom. The van der Waals surface area contributed by atoms with Crippen molar-refractivity contribution in [3.05, 3.63) is 41.7 Å². The van der Waals surface area contributed by atoms with Gasteiger partial charge in [-0.05, 0) is 21.0 Å². The van der Waals surface area contributed by atoms with Crippen LogP contribution in [0.2, 0.25) is 0 Å². The number of benzene rings is 1. The summed E-state index contributed by atoms with van der Waals surface area (Å²) >= 11 is 0. The highest BCUT2D eigenvalue weighted by Crippen LogP contribution is 2.37. The van der Waals surface area contributed by atoms with Crippen molar-refractivity contribution in [2.75, 3.05) is 32.9 Å². The van der Waals surface area contributed by atoms with Crippen LogP contribution in [0.1, 0.15) is 16.1 Å². The first-order valence-electron chi connectivity index (χ1n) is 9.48. The molecule has 2 aliphatic heterocycles. The van der Waals surface area contributed by atoms with Crippen LogP contribution in [0.15, 0.2) is 34.9 Å². The molecule has 1 N–H and O–H groups in total. The van der Waals surface area contributed by atoms with Gasteiger partial charge in [-0.1, -0.05) is 35.5 Å². The van der Waals surface area contributed by atoms with Gasteiger partial charge < -0.3 is 19.4 Å². The molecule has 2 fully saturated rings. The van der Waals surface area contributed by atoms with Gasteiger partial charge in [-0.25, -0.2) is 8.42 Å². The molecule has 9 nitrogen and oxygen atoms in total. The molecule has 0 radical (unpaired) electrons. The van der Waals surface area contributed by atoms with Gasteiger partial charge in [0, 0.05) is 30.6 Å². The normalized spacial score (nSPS) is 24.3. The quantitative estimate of drug-likeness (QED) is 0.713. The van der Waals surface area contributed by atoms with Crippen LogP contribution in [-0.2, 0) is 14.6 Å². The molecule has 30 heavy (non-hydrogen) atoms. The fourth-order valence-corrected chi connectivity index (χ4v) is 6.78. The van der Waals surface area contributed by atoms with Gasteiger partial charge in [0.15, 0.2) is 9.84 Å². The van der Waals surface area contributed by atoms with Crippen molar-refractivity contribution in [1.82, 2.24) is 15.0 Å². The number of rotatable bonds is 3. The second kappa shape index (κ2) is 8.57. The van der Waals surface area contributed by atoms with Crippen molar-refractivity contribution in [3.63, 3.8) is 0 Å². The molecule has 1 aromatic carbocycles. The number of hydrogen-bond acceptors (Lipinski definition) is 7. The van der Waals surface area contributed by atoms with Gasteiger partial charge in [0.1, 0.15) is 17.0 Å². The van der Waals surface area contributed by atoms with Gasteiger partial charge in [-0.3, -0.25) is 9.59 Å². The van der Waals surface area contributed by atoms with Crippen molar-refractivity contribution in [2.24, 2.45) is 5.92 Å². The Morgan fingerprint density at radius 3 is 2.50 bits per heavy atom. The summed E-state index contributed by atoms with van der Waals surface area (Å²) < 4.78 is 30.4. The maximum absolute atomic E-state index is 13.3. The van der Waals surface area contributed by atoms with Crippen LogP contribution in [0.25, 0.3) is 11.3 Å². The SMILES string of the molecule is Cc1onc(-c2ccccc2)c1C(=O)N1C[C@H]2[C@H](N(C)C)CS(=O)(=O)[C@H]2C1.O=CO. The Hall–Kier alpha value is -2.72. The zero-order valence-electron chi connectivity index (χ0n) is 17.1. The van der Waals surface area contributed by atoms with Gasteiger partial charge in [-0.15, -0.1) is 0 Å². The average Bonchev–Trinajstić information content (AvgIpc) is 3.37. The van der Waals surface area contributed by atoms with Crippen LogP contribution in [0.3, 0.4) is 0 Å². The minimum Gasteiger partial charge on any atom is -0.483 e. The Labute approximate surface area is 175 Å². The highest BCUT2D eigenvalue weighted by Gasteiger charge is 2.53. The lowest BCUT2D eigenvalue weighted by atomic mass is 10.00. The lowest BCUT2D eigenvalue weighted by Gasteiger charge is -2.25. The summed E-state index contributed by atoms with van der Waals surface area (Å²) in [4.78, 5) is 25.2. The van der Waals surface area contributed by atoms with Crippen LogP contribution in [0.4, 0.5) is 0 Å². The molecule has 0 bridgehead atoms. The molecule has 3 atom stereocenters. The number of likely N-dealkylation sites (tertiary alicyclic amines) is 1. The van der Waals surface area contributed by atoms with Crippen LogP contribution in [0.5, 0.6) is 0 Å². The summed E-state index contributed by atoms with van der Waals surface area (Å²) in [5.74, 6) is 0.339. The van der Waals surface area contributed by atoms with Gasteiger partial charge in [0.2, 0.25) is 0 Å². The molecule has 0 aliphatic carbocycles. The number of aryl methyl sites for hydroxylation is 1. The smallest absolute Gasteiger partial charge is 0.290 e. The van der Waals surface area contributed by atoms with E-state index in [4.69, 9.17) is 14.4 Å². The van der Waals surface area contributed by atoms with Gasteiger partial charge >= 0.3 is 0 Å². The van der Waals surface area contributed by atoms with E-state index in [9.17, 15) is 13.2 Å². The van der Waals surface area contributed by atoms with Crippen molar-refractivity contribution < 1.29 is 27.6 Å². The van der Waals surface area contributed by atoms with E-state index in [0.29, 0.717) is 23.6 Å². The van der Waals surface area contributed by atoms with Crippen LogP contribution in [0, 0.1) is 12.8 Å².